The molecule has 4 aromatic rings. The molecule has 0 bridgehead atoms. The van der Waals surface area contributed by atoms with Crippen LogP contribution in [0.25, 0.3) is 28.0 Å². The summed E-state index contributed by atoms with van der Waals surface area (Å²) in [6.45, 7) is 10.1. The van der Waals surface area contributed by atoms with Crippen LogP contribution in [-0.4, -0.2) is 61.1 Å². The third-order valence-corrected chi connectivity index (χ3v) is 7.18. The fourth-order valence-corrected chi connectivity index (χ4v) is 5.22. The van der Waals surface area contributed by atoms with E-state index in [-0.39, 0.29) is 28.8 Å². The van der Waals surface area contributed by atoms with Crippen molar-refractivity contribution in [2.45, 2.75) is 33.2 Å². The van der Waals surface area contributed by atoms with Gasteiger partial charge in [0, 0.05) is 31.9 Å². The molecule has 1 fully saturated rings. The smallest absolute Gasteiger partial charge is 0.355 e. The summed E-state index contributed by atoms with van der Waals surface area (Å²) in [5.74, 6) is -2.26. The molecule has 1 atom stereocenters. The Morgan fingerprint density at radius 1 is 1.20 bits per heavy atom. The number of hydrogen-bond acceptors (Lipinski definition) is 7. The predicted molar refractivity (Wildman–Crippen MR) is 148 cm³/mol. The summed E-state index contributed by atoms with van der Waals surface area (Å²) in [6, 6.07) is 6.26. The lowest BCUT2D eigenvalue weighted by Gasteiger charge is -2.40. The Morgan fingerprint density at radius 3 is 2.65 bits per heavy atom. The van der Waals surface area contributed by atoms with E-state index in [1.165, 1.54) is 22.8 Å². The maximum Gasteiger partial charge on any atom is 0.355 e. The van der Waals surface area contributed by atoms with E-state index in [4.69, 9.17) is 0 Å². The number of carbonyl (C=O) groups is 1. The molecule has 0 radical (unpaired) electrons. The molecule has 206 valence electrons. The highest BCUT2D eigenvalue weighted by molar-refractivity contribution is 5.91. The monoisotopic (exact) mass is 546 g/mol. The number of aromatic nitrogens is 4. The molecule has 1 saturated heterocycles. The van der Waals surface area contributed by atoms with Crippen molar-refractivity contribution in [2.75, 3.05) is 24.5 Å². The zero-order chi connectivity index (χ0) is 28.7. The van der Waals surface area contributed by atoms with Crippen molar-refractivity contribution in [1.82, 2.24) is 24.4 Å². The molecule has 1 aliphatic heterocycles. The number of halogens is 2. The van der Waals surface area contributed by atoms with Crippen LogP contribution in [0.2, 0.25) is 0 Å². The minimum absolute atomic E-state index is 0.0386. The fraction of sp³-hybridized carbons (Fsp3) is 0.276. The first kappa shape index (κ1) is 26.9. The van der Waals surface area contributed by atoms with Gasteiger partial charge in [-0.25, -0.2) is 23.1 Å². The molecule has 5 rings (SSSR count). The van der Waals surface area contributed by atoms with Gasteiger partial charge in [0.1, 0.15) is 23.1 Å². The number of hydrogen-bond donors (Lipinski definition) is 1. The normalized spacial score (nSPS) is 15.5. The van der Waals surface area contributed by atoms with E-state index in [0.29, 0.717) is 37.4 Å². The quantitative estimate of drug-likeness (QED) is 0.379. The summed E-state index contributed by atoms with van der Waals surface area (Å²) in [4.78, 5) is 42.7. The van der Waals surface area contributed by atoms with E-state index >= 15 is 4.39 Å². The first-order valence-electron chi connectivity index (χ1n) is 12.9. The first-order chi connectivity index (χ1) is 19.2. The van der Waals surface area contributed by atoms with Gasteiger partial charge in [0.15, 0.2) is 11.5 Å². The number of carbonyl (C=O) groups excluding carboxylic acids is 1. The molecule has 3 aromatic heterocycles. The molecule has 0 unspecified atom stereocenters. The predicted octanol–water partition coefficient (Wildman–Crippen LogP) is 3.92. The van der Waals surface area contributed by atoms with E-state index < -0.39 is 34.3 Å². The van der Waals surface area contributed by atoms with Gasteiger partial charge < -0.3 is 14.9 Å². The Hall–Kier alpha value is -4.67. The SMILES string of the molecule is C=CC(=O)N1CCN(c2nc(=O)n(-c3c(C)ccnc3CC)c3nc(-c4c(O)cccc4F)c(F)cc23)[C@@H](C)C1. The molecule has 1 N–H and O–H groups in total. The zero-order valence-corrected chi connectivity index (χ0v) is 22.4. The standard InChI is InChI=1S/C29H28F2N6O3/c1-5-21-26(16(3)10-11-32-21)37-28-18(14-20(31)25(33-28)24-19(30)8-7-9-22(24)38)27(34-29(37)40)36-13-12-35(15-17(36)4)23(39)6-2/h6-11,14,17,38H,2,5,12-13,15H2,1,3-4H3/t17-/m0/s1. The highest BCUT2D eigenvalue weighted by atomic mass is 19.1. The number of phenolic OH excluding ortho intramolecular Hbond substituents is 1. The molecular weight excluding hydrogens is 518 g/mol. The molecule has 1 aliphatic rings. The lowest BCUT2D eigenvalue weighted by atomic mass is 10.1. The number of amides is 1. The van der Waals surface area contributed by atoms with Crippen LogP contribution >= 0.6 is 0 Å². The van der Waals surface area contributed by atoms with Gasteiger partial charge in [0.05, 0.1) is 22.3 Å². The van der Waals surface area contributed by atoms with Gasteiger partial charge in [0.25, 0.3) is 0 Å². The third-order valence-electron chi connectivity index (χ3n) is 7.18. The van der Waals surface area contributed by atoms with Gasteiger partial charge >= 0.3 is 5.69 Å². The maximum atomic E-state index is 15.7. The molecule has 9 nitrogen and oxygen atoms in total. The summed E-state index contributed by atoms with van der Waals surface area (Å²) in [5.41, 5.74) is 0.284. The fourth-order valence-electron chi connectivity index (χ4n) is 5.22. The molecule has 4 heterocycles. The number of aromatic hydroxyl groups is 1. The lowest BCUT2D eigenvalue weighted by Crippen LogP contribution is -2.54. The minimum atomic E-state index is -0.895. The lowest BCUT2D eigenvalue weighted by molar-refractivity contribution is -0.126. The van der Waals surface area contributed by atoms with E-state index in [1.54, 1.807) is 17.2 Å². The molecule has 0 aliphatic carbocycles. The number of phenols is 1. The molecule has 1 aromatic carbocycles. The summed E-state index contributed by atoms with van der Waals surface area (Å²) >= 11 is 0. The van der Waals surface area contributed by atoms with E-state index in [0.717, 1.165) is 17.7 Å². The Bertz CT molecular complexity index is 1700. The second kappa shape index (κ2) is 10.5. The Labute approximate surface area is 229 Å². The van der Waals surface area contributed by atoms with E-state index in [1.807, 2.05) is 25.7 Å². The van der Waals surface area contributed by atoms with Crippen LogP contribution in [0, 0.1) is 18.6 Å². The number of anilines is 1. The van der Waals surface area contributed by atoms with E-state index in [2.05, 4.69) is 21.5 Å². The van der Waals surface area contributed by atoms with Crippen molar-refractivity contribution in [3.05, 3.63) is 82.6 Å². The number of aryl methyl sites for hydroxylation is 2. The van der Waals surface area contributed by atoms with Crippen LogP contribution in [0.15, 0.2) is 54.0 Å². The largest absolute Gasteiger partial charge is 0.507 e. The van der Waals surface area contributed by atoms with Gasteiger partial charge in [-0.05, 0) is 56.2 Å². The number of piperazine rings is 1. The van der Waals surface area contributed by atoms with Crippen molar-refractivity contribution in [3.8, 4) is 22.7 Å². The maximum absolute atomic E-state index is 15.7. The topological polar surface area (TPSA) is 104 Å². The number of rotatable bonds is 5. The van der Waals surface area contributed by atoms with Gasteiger partial charge in [-0.15, -0.1) is 0 Å². The van der Waals surface area contributed by atoms with Gasteiger partial charge in [-0.3, -0.25) is 9.78 Å². The van der Waals surface area contributed by atoms with Crippen LogP contribution < -0.4 is 10.6 Å². The Morgan fingerprint density at radius 2 is 1.98 bits per heavy atom. The molecular formula is C29H28F2N6O3. The Balaban J connectivity index is 1.82. The van der Waals surface area contributed by atoms with Gasteiger partial charge in [-0.2, -0.15) is 4.98 Å². The summed E-state index contributed by atoms with van der Waals surface area (Å²) in [6.07, 6.45) is 3.37. The average molecular weight is 547 g/mol. The second-order valence-corrected chi connectivity index (χ2v) is 9.68. The average Bonchev–Trinajstić information content (AvgIpc) is 2.93. The van der Waals surface area contributed by atoms with Crippen LogP contribution in [0.4, 0.5) is 14.6 Å². The molecule has 0 spiro atoms. The summed E-state index contributed by atoms with van der Waals surface area (Å²) < 4.78 is 31.8. The number of benzene rings is 1. The van der Waals surface area contributed by atoms with Crippen molar-refractivity contribution >= 4 is 22.8 Å². The first-order valence-corrected chi connectivity index (χ1v) is 12.9. The zero-order valence-electron chi connectivity index (χ0n) is 22.4. The van der Waals surface area contributed by atoms with Crippen LogP contribution in [0.5, 0.6) is 5.75 Å². The van der Waals surface area contributed by atoms with Crippen molar-refractivity contribution in [3.63, 3.8) is 0 Å². The summed E-state index contributed by atoms with van der Waals surface area (Å²) in [7, 11) is 0. The third kappa shape index (κ3) is 4.47. The minimum Gasteiger partial charge on any atom is -0.507 e. The number of fused-ring (bicyclic) bond motifs is 1. The molecule has 40 heavy (non-hydrogen) atoms. The van der Waals surface area contributed by atoms with Crippen molar-refractivity contribution < 1.29 is 18.7 Å². The molecule has 11 heteroatoms. The molecule has 1 amide bonds. The van der Waals surface area contributed by atoms with Crippen LogP contribution in [0.1, 0.15) is 25.1 Å². The van der Waals surface area contributed by atoms with Gasteiger partial charge in [-0.1, -0.05) is 19.6 Å². The van der Waals surface area contributed by atoms with Crippen LogP contribution in [0.3, 0.4) is 0 Å². The van der Waals surface area contributed by atoms with Gasteiger partial charge in [0.2, 0.25) is 5.91 Å². The highest BCUT2D eigenvalue weighted by Gasteiger charge is 2.30. The second-order valence-electron chi connectivity index (χ2n) is 9.68. The summed E-state index contributed by atoms with van der Waals surface area (Å²) in [5, 5.41) is 10.6. The van der Waals surface area contributed by atoms with Crippen molar-refractivity contribution in [2.24, 2.45) is 0 Å². The number of nitrogens with zero attached hydrogens (tertiary/aromatic N) is 6. The van der Waals surface area contributed by atoms with Crippen molar-refractivity contribution in [1.29, 1.82) is 0 Å². The Kier molecular flexibility index (Phi) is 7.05. The van der Waals surface area contributed by atoms with Crippen LogP contribution in [-0.2, 0) is 11.2 Å². The molecule has 0 saturated carbocycles. The highest BCUT2D eigenvalue weighted by Crippen LogP contribution is 2.36. The number of pyridine rings is 2. The van der Waals surface area contributed by atoms with E-state index in [9.17, 15) is 19.1 Å².